The first-order valence-corrected chi connectivity index (χ1v) is 26.4. The molecule has 356 valence electrons. The van der Waals surface area contributed by atoms with Crippen molar-refractivity contribution in [2.24, 2.45) is 0 Å². The lowest BCUT2D eigenvalue weighted by Gasteiger charge is -2.24. The third kappa shape index (κ3) is 44.2. The van der Waals surface area contributed by atoms with Crippen LogP contribution in [0.3, 0.4) is 0 Å². The van der Waals surface area contributed by atoms with E-state index in [-0.39, 0.29) is 24.9 Å². The first-order chi connectivity index (χ1) is 30.0. The van der Waals surface area contributed by atoms with Gasteiger partial charge in [0.05, 0.1) is 25.2 Å². The van der Waals surface area contributed by atoms with Crippen LogP contribution in [0.25, 0.3) is 0 Å². The molecular weight excluding hydrogens is 755 g/mol. The first kappa shape index (κ1) is 58.8. The average molecular weight is 856 g/mol. The molecule has 0 aliphatic rings. The minimum absolute atomic E-state index is 0.0704. The van der Waals surface area contributed by atoms with Gasteiger partial charge in [0.25, 0.3) is 0 Å². The van der Waals surface area contributed by atoms with Crippen LogP contribution in [0.1, 0.15) is 265 Å². The highest BCUT2D eigenvalue weighted by molar-refractivity contribution is 5.77. The topological polar surface area (TPSA) is 95.9 Å². The van der Waals surface area contributed by atoms with Crippen LogP contribution in [0.2, 0.25) is 0 Å². The van der Waals surface area contributed by atoms with Crippen molar-refractivity contribution < 1.29 is 24.5 Å². The number of hydrogen-bond donors (Lipinski definition) is 3. The van der Waals surface area contributed by atoms with Crippen molar-refractivity contribution in [1.29, 1.82) is 0 Å². The number of nitrogens with one attached hydrogen (secondary N) is 1. The number of esters is 1. The van der Waals surface area contributed by atoms with Crippen molar-refractivity contribution >= 4 is 11.9 Å². The van der Waals surface area contributed by atoms with Crippen LogP contribution in [-0.4, -0.2) is 46.9 Å². The number of aliphatic hydroxyl groups excluding tert-OH is 2. The Balaban J connectivity index is 4.59. The number of aliphatic hydroxyl groups is 2. The van der Waals surface area contributed by atoms with Crippen molar-refractivity contribution in [2.45, 2.75) is 283 Å². The van der Waals surface area contributed by atoms with E-state index in [1.54, 1.807) is 0 Å². The molecule has 0 fully saturated rings. The molecule has 0 radical (unpaired) electrons. The molecule has 0 saturated heterocycles. The molecule has 6 nitrogen and oxygen atoms in total. The highest BCUT2D eigenvalue weighted by atomic mass is 16.5. The van der Waals surface area contributed by atoms with Crippen LogP contribution in [0.4, 0.5) is 0 Å². The summed E-state index contributed by atoms with van der Waals surface area (Å²) in [5.41, 5.74) is 0. The zero-order chi connectivity index (χ0) is 44.5. The Labute approximate surface area is 378 Å². The van der Waals surface area contributed by atoms with Crippen molar-refractivity contribution in [3.05, 3.63) is 48.6 Å². The minimum atomic E-state index is -0.789. The van der Waals surface area contributed by atoms with Gasteiger partial charge in [-0.15, -0.1) is 0 Å². The van der Waals surface area contributed by atoms with E-state index in [0.29, 0.717) is 19.3 Å². The summed E-state index contributed by atoms with van der Waals surface area (Å²) in [6.45, 7) is 6.35. The van der Waals surface area contributed by atoms with Crippen LogP contribution < -0.4 is 5.32 Å². The molecule has 3 atom stereocenters. The lowest BCUT2D eigenvalue weighted by atomic mass is 10.0. The summed E-state index contributed by atoms with van der Waals surface area (Å²) in [7, 11) is 0. The third-order valence-electron chi connectivity index (χ3n) is 12.0. The first-order valence-electron chi connectivity index (χ1n) is 26.4. The van der Waals surface area contributed by atoms with Crippen molar-refractivity contribution in [3.8, 4) is 0 Å². The van der Waals surface area contributed by atoms with Gasteiger partial charge in [0, 0.05) is 6.42 Å². The Morgan fingerprint density at radius 3 is 1.38 bits per heavy atom. The molecule has 0 aliphatic heterocycles. The maximum Gasteiger partial charge on any atom is 0.306 e. The predicted octanol–water partition coefficient (Wildman–Crippen LogP) is 15.8. The van der Waals surface area contributed by atoms with Gasteiger partial charge < -0.3 is 20.3 Å². The van der Waals surface area contributed by atoms with Gasteiger partial charge >= 0.3 is 5.97 Å². The molecule has 3 N–H and O–H groups in total. The molecule has 0 aliphatic carbocycles. The zero-order valence-corrected chi connectivity index (χ0v) is 40.5. The molecule has 0 spiro atoms. The van der Waals surface area contributed by atoms with Crippen LogP contribution in [-0.2, 0) is 14.3 Å². The second-order valence-corrected chi connectivity index (χ2v) is 18.0. The number of ether oxygens (including phenoxy) is 1. The molecule has 61 heavy (non-hydrogen) atoms. The molecule has 0 aromatic heterocycles. The third-order valence-corrected chi connectivity index (χ3v) is 12.0. The number of amides is 1. The lowest BCUT2D eigenvalue weighted by molar-refractivity contribution is -0.151. The molecule has 3 unspecified atom stereocenters. The Morgan fingerprint density at radius 2 is 0.902 bits per heavy atom. The highest BCUT2D eigenvalue weighted by Gasteiger charge is 2.24. The summed E-state index contributed by atoms with van der Waals surface area (Å²) >= 11 is 0. The smallest absolute Gasteiger partial charge is 0.306 e. The molecule has 6 heteroatoms. The predicted molar refractivity (Wildman–Crippen MR) is 264 cm³/mol. The fourth-order valence-electron chi connectivity index (χ4n) is 7.96. The molecule has 0 aromatic carbocycles. The number of unbranched alkanes of at least 4 members (excludes halogenated alkanes) is 29. The van der Waals surface area contributed by atoms with E-state index in [1.165, 1.54) is 148 Å². The normalized spacial score (nSPS) is 13.6. The van der Waals surface area contributed by atoms with E-state index in [0.717, 1.165) is 70.6 Å². The fraction of sp³-hybridized carbons (Fsp3) is 0.818. The fourth-order valence-corrected chi connectivity index (χ4v) is 7.96. The van der Waals surface area contributed by atoms with Crippen LogP contribution in [0.5, 0.6) is 0 Å². The second-order valence-electron chi connectivity index (χ2n) is 18.0. The van der Waals surface area contributed by atoms with Gasteiger partial charge in [-0.2, -0.15) is 0 Å². The summed E-state index contributed by atoms with van der Waals surface area (Å²) in [6.07, 6.45) is 58.8. The summed E-state index contributed by atoms with van der Waals surface area (Å²) in [5.74, 6) is -0.486. The van der Waals surface area contributed by atoms with E-state index in [9.17, 15) is 19.8 Å². The van der Waals surface area contributed by atoms with Gasteiger partial charge in [-0.1, -0.05) is 230 Å². The van der Waals surface area contributed by atoms with Gasteiger partial charge in [0.15, 0.2) is 0 Å². The van der Waals surface area contributed by atoms with Crippen LogP contribution in [0.15, 0.2) is 48.6 Å². The molecular formula is C55H101NO5. The summed E-state index contributed by atoms with van der Waals surface area (Å²) in [6, 6.07) is -0.704. The minimum Gasteiger partial charge on any atom is -0.462 e. The van der Waals surface area contributed by atoms with Gasteiger partial charge in [-0.3, -0.25) is 9.59 Å². The summed E-state index contributed by atoms with van der Waals surface area (Å²) in [5, 5.41) is 23.7. The number of hydrogen-bond acceptors (Lipinski definition) is 5. The van der Waals surface area contributed by atoms with E-state index in [4.69, 9.17) is 4.74 Å². The quantitative estimate of drug-likeness (QED) is 0.0245. The largest absolute Gasteiger partial charge is 0.462 e. The van der Waals surface area contributed by atoms with Gasteiger partial charge in [-0.25, -0.2) is 0 Å². The van der Waals surface area contributed by atoms with Crippen LogP contribution in [0, 0.1) is 0 Å². The Hall–Kier alpha value is -2.18. The van der Waals surface area contributed by atoms with Gasteiger partial charge in [0.1, 0.15) is 6.10 Å². The van der Waals surface area contributed by atoms with Gasteiger partial charge in [-0.05, 0) is 70.6 Å². The average Bonchev–Trinajstić information content (AvgIpc) is 3.25. The monoisotopic (exact) mass is 856 g/mol. The Bertz CT molecular complexity index is 1050. The molecule has 0 bridgehead atoms. The molecule has 0 heterocycles. The van der Waals surface area contributed by atoms with Crippen molar-refractivity contribution in [2.75, 3.05) is 6.61 Å². The van der Waals surface area contributed by atoms with Gasteiger partial charge in [0.2, 0.25) is 5.91 Å². The molecule has 0 saturated carbocycles. The zero-order valence-electron chi connectivity index (χ0n) is 40.5. The highest BCUT2D eigenvalue weighted by Crippen LogP contribution is 2.18. The SMILES string of the molecule is CC/C=C/C=C/C=C/CCCCCCCCCC(=O)OC(CCCCCCCCC/C=C/CCCCCCCC)CC(=O)NC(CO)C(O)CCCCCCCCCCCC. The summed E-state index contributed by atoms with van der Waals surface area (Å²) < 4.78 is 5.94. The number of rotatable bonds is 47. The molecule has 0 aromatic rings. The maximum absolute atomic E-state index is 13.2. The molecule has 1 amide bonds. The van der Waals surface area contributed by atoms with E-state index in [1.807, 2.05) is 0 Å². The van der Waals surface area contributed by atoms with E-state index < -0.39 is 18.2 Å². The van der Waals surface area contributed by atoms with E-state index in [2.05, 4.69) is 74.7 Å². The maximum atomic E-state index is 13.2. The van der Waals surface area contributed by atoms with Crippen molar-refractivity contribution in [3.63, 3.8) is 0 Å². The van der Waals surface area contributed by atoms with E-state index >= 15 is 0 Å². The number of carbonyl (C=O) groups is 2. The second kappa shape index (κ2) is 48.8. The molecule has 0 rings (SSSR count). The number of allylic oxidation sites excluding steroid dienone is 8. The Kier molecular flexibility index (Phi) is 47.1. The lowest BCUT2D eigenvalue weighted by Crippen LogP contribution is -2.46. The Morgan fingerprint density at radius 1 is 0.492 bits per heavy atom. The van der Waals surface area contributed by atoms with Crippen molar-refractivity contribution in [1.82, 2.24) is 5.32 Å². The van der Waals surface area contributed by atoms with Crippen LogP contribution >= 0.6 is 0 Å². The number of carbonyl (C=O) groups excluding carboxylic acids is 2. The summed E-state index contributed by atoms with van der Waals surface area (Å²) in [4.78, 5) is 26.2. The standard InChI is InChI=1S/C55H101NO5/c1-4-7-10-13-16-19-22-24-26-27-29-30-32-34-37-40-43-46-51(61-55(60)48-45-42-39-36-33-31-28-25-23-20-17-14-11-8-5-2)49-54(59)56-52(50-57)53(58)47-44-41-38-35-21-18-15-12-9-6-3/h8,11,14,17,20,23-24,26,51-53,57-58H,4-7,9-10,12-13,15-16,18-19,21-22,25,27-50H2,1-3H3,(H,56,59)/b11-8+,17-14+,23-20+,26-24+.